The van der Waals surface area contributed by atoms with Crippen LogP contribution in [-0.4, -0.2) is 69.4 Å². The zero-order valence-corrected chi connectivity index (χ0v) is 57.3. The molecule has 3 unspecified atom stereocenters. The molecule has 0 aliphatic carbocycles. The number of unbranched alkanes of at least 4 members (excludes halogenated alkanes) is 42. The lowest BCUT2D eigenvalue weighted by atomic mass is 10.0. The van der Waals surface area contributed by atoms with Gasteiger partial charge >= 0.3 is 5.97 Å². The Morgan fingerprint density at radius 3 is 1.12 bits per heavy atom. The summed E-state index contributed by atoms with van der Waals surface area (Å²) in [4.78, 5) is 40.2. The molecule has 1 amide bonds. The maximum Gasteiger partial charge on any atom is 0.306 e. The summed E-state index contributed by atoms with van der Waals surface area (Å²) in [5.74, 6) is -0.531. The van der Waals surface area contributed by atoms with E-state index in [1.54, 1.807) is 0 Å². The molecule has 0 aromatic heterocycles. The summed E-state index contributed by atoms with van der Waals surface area (Å²) in [6, 6.07) is -0.890. The van der Waals surface area contributed by atoms with Crippen molar-refractivity contribution in [1.29, 1.82) is 0 Å². The maximum atomic E-state index is 13.6. The Bertz CT molecular complexity index is 1620. The van der Waals surface area contributed by atoms with Crippen LogP contribution in [0.25, 0.3) is 0 Å². The van der Waals surface area contributed by atoms with Crippen molar-refractivity contribution in [2.45, 2.75) is 360 Å². The molecular weight excluding hydrogens is 1060 g/mol. The van der Waals surface area contributed by atoms with Crippen molar-refractivity contribution in [3.05, 3.63) is 60.8 Å². The van der Waals surface area contributed by atoms with Crippen LogP contribution in [0, 0.1) is 0 Å². The molecular formula is C74H139N2O7P. The summed E-state index contributed by atoms with van der Waals surface area (Å²) in [7, 11) is 1.19. The molecule has 0 saturated carbocycles. The van der Waals surface area contributed by atoms with Crippen LogP contribution in [0.4, 0.5) is 0 Å². The van der Waals surface area contributed by atoms with Crippen molar-refractivity contribution < 1.29 is 37.3 Å². The third-order valence-corrected chi connectivity index (χ3v) is 17.1. The number of rotatable bonds is 66. The molecule has 0 aromatic rings. The second kappa shape index (κ2) is 63.7. The van der Waals surface area contributed by atoms with Gasteiger partial charge in [0, 0.05) is 12.8 Å². The molecule has 0 aromatic carbocycles. The molecule has 10 heteroatoms. The van der Waals surface area contributed by atoms with Gasteiger partial charge in [0.05, 0.1) is 33.8 Å². The van der Waals surface area contributed by atoms with E-state index in [0.29, 0.717) is 17.4 Å². The largest absolute Gasteiger partial charge is 0.756 e. The minimum absolute atomic E-state index is 0.0222. The molecule has 0 spiro atoms. The van der Waals surface area contributed by atoms with Gasteiger partial charge in [-0.2, -0.15) is 0 Å². The number of phosphoric ester groups is 1. The summed E-state index contributed by atoms with van der Waals surface area (Å²) >= 11 is 0. The lowest BCUT2D eigenvalue weighted by Crippen LogP contribution is -2.47. The Kier molecular flexibility index (Phi) is 62.0. The number of likely N-dealkylation sites (N-methyl/N-ethyl adjacent to an activating group) is 1. The van der Waals surface area contributed by atoms with Crippen LogP contribution in [0.15, 0.2) is 60.8 Å². The first kappa shape index (κ1) is 81.7. The number of quaternary nitrogens is 1. The number of hydrogen-bond donors (Lipinski definition) is 1. The fraction of sp³-hybridized carbons (Fsp3) is 0.838. The van der Waals surface area contributed by atoms with Gasteiger partial charge in [-0.3, -0.25) is 14.2 Å². The normalized spacial score (nSPS) is 13.8. The van der Waals surface area contributed by atoms with Crippen LogP contribution >= 0.6 is 7.82 Å². The van der Waals surface area contributed by atoms with Gasteiger partial charge in [-0.25, -0.2) is 0 Å². The monoisotopic (exact) mass is 1200 g/mol. The highest BCUT2D eigenvalue weighted by Crippen LogP contribution is 2.38. The van der Waals surface area contributed by atoms with E-state index in [1.165, 1.54) is 244 Å². The molecule has 0 saturated heterocycles. The van der Waals surface area contributed by atoms with Gasteiger partial charge < -0.3 is 28.5 Å². The number of hydrogen-bond acceptors (Lipinski definition) is 7. The number of nitrogens with one attached hydrogen (secondary N) is 1. The molecule has 0 rings (SSSR count). The van der Waals surface area contributed by atoms with Crippen LogP contribution in [0.1, 0.15) is 348 Å². The first-order chi connectivity index (χ1) is 40.9. The number of nitrogens with zero attached hydrogens (tertiary/aromatic N) is 1. The number of carbonyl (C=O) groups excluding carboxylic acids is 2. The molecule has 0 aliphatic rings. The summed E-state index contributed by atoms with van der Waals surface area (Å²) in [5, 5.41) is 3.04. The molecule has 1 N–H and O–H groups in total. The van der Waals surface area contributed by atoms with Gasteiger partial charge in [-0.15, -0.1) is 0 Å². The lowest BCUT2D eigenvalue weighted by molar-refractivity contribution is -0.870. The van der Waals surface area contributed by atoms with Crippen molar-refractivity contribution in [2.75, 3.05) is 40.9 Å². The van der Waals surface area contributed by atoms with E-state index in [2.05, 4.69) is 74.7 Å². The molecule has 492 valence electrons. The van der Waals surface area contributed by atoms with E-state index in [-0.39, 0.29) is 31.5 Å². The second-order valence-corrected chi connectivity index (χ2v) is 27.1. The molecule has 9 nitrogen and oxygen atoms in total. The average Bonchev–Trinajstić information content (AvgIpc) is 3.65. The van der Waals surface area contributed by atoms with Crippen LogP contribution < -0.4 is 10.2 Å². The number of allylic oxidation sites excluding steroid dienone is 9. The fourth-order valence-electron chi connectivity index (χ4n) is 10.6. The number of amides is 1. The van der Waals surface area contributed by atoms with Crippen molar-refractivity contribution >= 4 is 19.7 Å². The van der Waals surface area contributed by atoms with E-state index < -0.39 is 20.0 Å². The summed E-state index contributed by atoms with van der Waals surface area (Å²) in [5.41, 5.74) is 0. The quantitative estimate of drug-likeness (QED) is 0.0212. The minimum atomic E-state index is -4.70. The number of phosphoric acid groups is 1. The van der Waals surface area contributed by atoms with Gasteiger partial charge in [0.2, 0.25) is 5.91 Å². The Morgan fingerprint density at radius 2 is 0.726 bits per heavy atom. The third kappa shape index (κ3) is 64.2. The molecule has 0 bridgehead atoms. The minimum Gasteiger partial charge on any atom is -0.756 e. The van der Waals surface area contributed by atoms with E-state index in [4.69, 9.17) is 13.8 Å². The van der Waals surface area contributed by atoms with E-state index in [1.807, 2.05) is 33.3 Å². The van der Waals surface area contributed by atoms with Crippen molar-refractivity contribution in [2.24, 2.45) is 0 Å². The Morgan fingerprint density at radius 1 is 0.417 bits per heavy atom. The molecule has 0 fully saturated rings. The smallest absolute Gasteiger partial charge is 0.306 e. The summed E-state index contributed by atoms with van der Waals surface area (Å²) < 4.78 is 30.5. The number of ether oxygens (including phenoxy) is 1. The maximum absolute atomic E-state index is 13.6. The van der Waals surface area contributed by atoms with E-state index >= 15 is 0 Å². The van der Waals surface area contributed by atoms with Crippen LogP contribution in [-0.2, 0) is 27.9 Å². The summed E-state index contributed by atoms with van der Waals surface area (Å²) in [6.45, 7) is 6.85. The highest BCUT2D eigenvalue weighted by Gasteiger charge is 2.27. The zero-order valence-electron chi connectivity index (χ0n) is 56.4. The van der Waals surface area contributed by atoms with Gasteiger partial charge in [0.25, 0.3) is 7.82 Å². The molecule has 0 heterocycles. The van der Waals surface area contributed by atoms with E-state index in [0.717, 1.165) is 70.6 Å². The molecule has 3 atom stereocenters. The average molecular weight is 1200 g/mol. The first-order valence-corrected chi connectivity index (χ1v) is 37.6. The van der Waals surface area contributed by atoms with Crippen molar-refractivity contribution in [3.8, 4) is 0 Å². The Hall–Kier alpha value is -2.29. The second-order valence-electron chi connectivity index (χ2n) is 25.7. The summed E-state index contributed by atoms with van der Waals surface area (Å²) in [6.07, 6.45) is 82.0. The molecule has 0 radical (unpaired) electrons. The topological polar surface area (TPSA) is 114 Å². The Balaban J connectivity index is 5.01. The molecule has 84 heavy (non-hydrogen) atoms. The SMILES string of the molecule is CCCCC/C=C\C/C=C\C/C=C\CCCCCCCCCCCCCCCCC(=O)OC(/C=C\CCCCCCCCCCCC)C(COP(=O)([O-])OCC[N+](C)(C)C)NC(=O)CCCCCCCCCCC/C=C/CCCCCCCC. The molecule has 0 aliphatic heterocycles. The van der Waals surface area contributed by atoms with Crippen molar-refractivity contribution in [3.63, 3.8) is 0 Å². The number of carbonyl (C=O) groups is 2. The predicted octanol–water partition coefficient (Wildman–Crippen LogP) is 22.3. The third-order valence-electron chi connectivity index (χ3n) is 16.2. The van der Waals surface area contributed by atoms with Crippen LogP contribution in [0.5, 0.6) is 0 Å². The standard InChI is InChI=1S/C74H139N2O7P/c1-7-10-13-16-19-22-25-28-30-32-34-35-36-37-38-39-40-41-43-45-47-49-52-55-58-61-64-67-74(78)83-72(65-62-59-56-53-50-27-24-21-18-15-12-9-3)71(70-82-84(79,80)81-69-68-76(4,5)6)75-73(77)66-63-60-57-54-51-48-46-44-42-33-31-29-26-23-20-17-14-11-8-2/h19,22,28-31,34-35,62,65,71-72H,7-18,20-21,23-27,32-33,36-61,63-64,66-70H2,1-6H3,(H-,75,77,79,80)/b22-19-,30-28-,31-29+,35-34-,65-62-. The van der Waals surface area contributed by atoms with Gasteiger partial charge in [-0.1, -0.05) is 300 Å². The predicted molar refractivity (Wildman–Crippen MR) is 362 cm³/mol. The van der Waals surface area contributed by atoms with Crippen molar-refractivity contribution in [1.82, 2.24) is 5.32 Å². The Labute approximate surface area is 521 Å². The first-order valence-electron chi connectivity index (χ1n) is 36.1. The van der Waals surface area contributed by atoms with Gasteiger partial charge in [0.15, 0.2) is 0 Å². The highest BCUT2D eigenvalue weighted by atomic mass is 31.2. The van der Waals surface area contributed by atoms with Gasteiger partial charge in [0.1, 0.15) is 19.3 Å². The zero-order chi connectivity index (χ0) is 61.4. The van der Waals surface area contributed by atoms with Crippen LogP contribution in [0.2, 0.25) is 0 Å². The fourth-order valence-corrected chi connectivity index (χ4v) is 11.3. The van der Waals surface area contributed by atoms with E-state index in [9.17, 15) is 19.0 Å². The highest BCUT2D eigenvalue weighted by molar-refractivity contribution is 7.45. The van der Waals surface area contributed by atoms with Gasteiger partial charge in [-0.05, 0) is 96.0 Å². The lowest BCUT2D eigenvalue weighted by Gasteiger charge is -2.30. The van der Waals surface area contributed by atoms with Crippen LogP contribution in [0.3, 0.4) is 0 Å². The number of esters is 1.